The van der Waals surface area contributed by atoms with Gasteiger partial charge in [-0.1, -0.05) is 31.4 Å². The molecule has 3 heterocycles. The van der Waals surface area contributed by atoms with Gasteiger partial charge in [0.25, 0.3) is 5.91 Å². The first-order chi connectivity index (χ1) is 14.2. The number of nitrogens with zero attached hydrogens (tertiary/aromatic N) is 4. The summed E-state index contributed by atoms with van der Waals surface area (Å²) in [5.41, 5.74) is 2.31. The summed E-state index contributed by atoms with van der Waals surface area (Å²) in [4.78, 5) is 26.5. The fourth-order valence-corrected chi connectivity index (χ4v) is 5.74. The third-order valence-electron chi connectivity index (χ3n) is 6.33. The molecule has 29 heavy (non-hydrogen) atoms. The van der Waals surface area contributed by atoms with Crippen molar-refractivity contribution in [1.82, 2.24) is 9.80 Å². The summed E-state index contributed by atoms with van der Waals surface area (Å²) in [5.74, 6) is 0.0778. The molecule has 1 aromatic rings. The maximum atomic E-state index is 13.7. The van der Waals surface area contributed by atoms with Gasteiger partial charge in [-0.2, -0.15) is 4.99 Å². The number of fused-ring (bicyclic) bond motifs is 1. The predicted octanol–water partition coefficient (Wildman–Crippen LogP) is 3.57. The van der Waals surface area contributed by atoms with Crippen LogP contribution in [0, 0.1) is 5.82 Å². The molecule has 3 aliphatic heterocycles. The van der Waals surface area contributed by atoms with Crippen molar-refractivity contribution in [1.29, 1.82) is 0 Å². The van der Waals surface area contributed by atoms with E-state index in [0.29, 0.717) is 17.7 Å². The molecule has 4 aliphatic rings. The average Bonchev–Trinajstić information content (AvgIpc) is 3.19. The number of hydrogen-bond acceptors (Lipinski definition) is 5. The average molecular weight is 413 g/mol. The van der Waals surface area contributed by atoms with Crippen LogP contribution in [0.5, 0.6) is 0 Å². The minimum absolute atomic E-state index is 0.160. The molecule has 0 aromatic heterocycles. The molecule has 1 amide bonds. The highest BCUT2D eigenvalue weighted by molar-refractivity contribution is 8.05. The zero-order valence-corrected chi connectivity index (χ0v) is 17.2. The molecular weight excluding hydrogens is 387 g/mol. The molecule has 2 fully saturated rings. The number of amides is 1. The van der Waals surface area contributed by atoms with E-state index in [1.807, 2.05) is 11.5 Å². The molecule has 1 saturated carbocycles. The molecule has 5 rings (SSSR count). The third kappa shape index (κ3) is 3.78. The molecule has 7 heteroatoms. The molecular formula is C22H25FN4OS. The molecule has 1 aromatic carbocycles. The lowest BCUT2D eigenvalue weighted by molar-refractivity contribution is -0.116. The number of rotatable bonds is 2. The number of guanidine groups is 1. The van der Waals surface area contributed by atoms with Crippen molar-refractivity contribution in [2.24, 2.45) is 9.98 Å². The van der Waals surface area contributed by atoms with Gasteiger partial charge in [0.2, 0.25) is 5.96 Å². The van der Waals surface area contributed by atoms with Crippen molar-refractivity contribution >= 4 is 34.9 Å². The Balaban J connectivity index is 1.32. The Kier molecular flexibility index (Phi) is 5.26. The van der Waals surface area contributed by atoms with Crippen molar-refractivity contribution < 1.29 is 9.18 Å². The fourth-order valence-electron chi connectivity index (χ4n) is 4.73. The van der Waals surface area contributed by atoms with Crippen LogP contribution in [-0.2, 0) is 4.79 Å². The first-order valence-electron chi connectivity index (χ1n) is 10.5. The van der Waals surface area contributed by atoms with Crippen molar-refractivity contribution in [2.45, 2.75) is 43.4 Å². The Morgan fingerprint density at radius 2 is 1.83 bits per heavy atom. The van der Waals surface area contributed by atoms with Gasteiger partial charge in [0.1, 0.15) is 11.1 Å². The van der Waals surface area contributed by atoms with Crippen molar-refractivity contribution in [3.05, 3.63) is 41.1 Å². The van der Waals surface area contributed by atoms with E-state index in [0.717, 1.165) is 37.3 Å². The summed E-state index contributed by atoms with van der Waals surface area (Å²) < 4.78 is 13.7. The predicted molar refractivity (Wildman–Crippen MR) is 116 cm³/mol. The molecule has 1 saturated heterocycles. The van der Waals surface area contributed by atoms with E-state index in [2.05, 4.69) is 14.8 Å². The summed E-state index contributed by atoms with van der Waals surface area (Å²) in [5, 5.41) is 1.51. The number of carbonyl (C=O) groups is 1. The SMILES string of the molecule is O=C1N=C(N2CCN(C3CCCCC3)CC2)N=C2C(c3cccc(F)c3)=CSC12. The second-order valence-electron chi connectivity index (χ2n) is 8.12. The zero-order valence-electron chi connectivity index (χ0n) is 16.4. The normalized spacial score (nSPS) is 26.1. The van der Waals surface area contributed by atoms with Crippen molar-refractivity contribution in [3.8, 4) is 0 Å². The number of benzene rings is 1. The second-order valence-corrected chi connectivity index (χ2v) is 9.10. The topological polar surface area (TPSA) is 48.3 Å². The highest BCUT2D eigenvalue weighted by Gasteiger charge is 2.37. The van der Waals surface area contributed by atoms with Gasteiger partial charge in [0, 0.05) is 37.8 Å². The van der Waals surface area contributed by atoms with Crippen molar-refractivity contribution in [2.75, 3.05) is 26.2 Å². The van der Waals surface area contributed by atoms with Crippen LogP contribution in [0.15, 0.2) is 39.7 Å². The van der Waals surface area contributed by atoms with Crippen LogP contribution in [0.4, 0.5) is 4.39 Å². The lowest BCUT2D eigenvalue weighted by Gasteiger charge is -2.41. The minimum atomic E-state index is -0.402. The molecule has 0 bridgehead atoms. The van der Waals surface area contributed by atoms with Crippen LogP contribution in [0.1, 0.15) is 37.7 Å². The summed E-state index contributed by atoms with van der Waals surface area (Å²) in [7, 11) is 0. The maximum absolute atomic E-state index is 13.7. The molecule has 1 atom stereocenters. The zero-order chi connectivity index (χ0) is 19.8. The Bertz CT molecular complexity index is 898. The molecule has 1 unspecified atom stereocenters. The summed E-state index contributed by atoms with van der Waals surface area (Å²) >= 11 is 1.41. The number of hydrogen-bond donors (Lipinski definition) is 0. The largest absolute Gasteiger partial charge is 0.338 e. The highest BCUT2D eigenvalue weighted by Crippen LogP contribution is 2.37. The number of halogens is 1. The summed E-state index contributed by atoms with van der Waals surface area (Å²) in [6.07, 6.45) is 6.67. The van der Waals surface area contributed by atoms with Crippen LogP contribution in [0.2, 0.25) is 0 Å². The Morgan fingerprint density at radius 3 is 2.59 bits per heavy atom. The molecule has 152 valence electrons. The van der Waals surface area contributed by atoms with Crippen LogP contribution in [0.3, 0.4) is 0 Å². The Morgan fingerprint density at radius 1 is 1.03 bits per heavy atom. The third-order valence-corrected chi connectivity index (χ3v) is 7.39. The number of allylic oxidation sites excluding steroid dienone is 1. The molecule has 0 N–H and O–H groups in total. The first-order valence-corrected chi connectivity index (χ1v) is 11.5. The first kappa shape index (κ1) is 19.0. The van der Waals surface area contributed by atoms with Crippen LogP contribution < -0.4 is 0 Å². The number of carbonyl (C=O) groups excluding carboxylic acids is 1. The smallest absolute Gasteiger partial charge is 0.268 e. The van der Waals surface area contributed by atoms with Gasteiger partial charge in [-0.3, -0.25) is 9.69 Å². The number of aliphatic imine (C=N–C) groups is 2. The highest BCUT2D eigenvalue weighted by atomic mass is 32.2. The van der Waals surface area contributed by atoms with Crippen LogP contribution in [-0.4, -0.2) is 64.8 Å². The van der Waals surface area contributed by atoms with Crippen LogP contribution >= 0.6 is 11.8 Å². The standard InChI is InChI=1S/C22H25FN4OS/c23-16-6-4-5-15(13-16)18-14-29-20-19(18)24-22(25-21(20)28)27-11-9-26(10-12-27)17-7-2-1-3-8-17/h4-6,13-14,17,20H,1-3,7-12H2. The molecule has 0 spiro atoms. The van der Waals surface area contributed by atoms with Gasteiger partial charge in [-0.15, -0.1) is 11.8 Å². The van der Waals surface area contributed by atoms with Gasteiger partial charge in [0.15, 0.2) is 0 Å². The molecule has 1 aliphatic carbocycles. The Hall–Kier alpha value is -1.99. The van der Waals surface area contributed by atoms with Gasteiger partial charge < -0.3 is 4.90 Å². The number of thioether (sulfide) groups is 1. The summed E-state index contributed by atoms with van der Waals surface area (Å²) in [6.45, 7) is 3.67. The number of piperazine rings is 1. The lowest BCUT2D eigenvalue weighted by Crippen LogP contribution is -2.53. The second kappa shape index (κ2) is 8.03. The van der Waals surface area contributed by atoms with Crippen molar-refractivity contribution in [3.63, 3.8) is 0 Å². The van der Waals surface area contributed by atoms with E-state index in [-0.39, 0.29) is 11.7 Å². The van der Waals surface area contributed by atoms with E-state index >= 15 is 0 Å². The Labute approximate surface area is 174 Å². The minimum Gasteiger partial charge on any atom is -0.338 e. The maximum Gasteiger partial charge on any atom is 0.268 e. The van der Waals surface area contributed by atoms with Crippen LogP contribution in [0.25, 0.3) is 5.57 Å². The van der Waals surface area contributed by atoms with E-state index in [1.165, 1.54) is 56.0 Å². The van der Waals surface area contributed by atoms with Gasteiger partial charge >= 0.3 is 0 Å². The fraction of sp³-hybridized carbons (Fsp3) is 0.500. The van der Waals surface area contributed by atoms with E-state index in [4.69, 9.17) is 4.99 Å². The van der Waals surface area contributed by atoms with E-state index < -0.39 is 5.25 Å². The van der Waals surface area contributed by atoms with E-state index in [1.54, 1.807) is 6.07 Å². The molecule has 5 nitrogen and oxygen atoms in total. The lowest BCUT2D eigenvalue weighted by atomic mass is 9.94. The van der Waals surface area contributed by atoms with Gasteiger partial charge in [0.05, 0.1) is 5.71 Å². The monoisotopic (exact) mass is 412 g/mol. The summed E-state index contributed by atoms with van der Waals surface area (Å²) in [6, 6.07) is 7.19. The van der Waals surface area contributed by atoms with E-state index in [9.17, 15) is 9.18 Å². The quantitative estimate of drug-likeness (QED) is 0.745. The molecule has 0 radical (unpaired) electrons. The van der Waals surface area contributed by atoms with Gasteiger partial charge in [-0.25, -0.2) is 9.38 Å². The van der Waals surface area contributed by atoms with Gasteiger partial charge in [-0.05, 0) is 35.9 Å².